The molecular formula is C24H29Cl3N2O2. The van der Waals surface area contributed by atoms with Crippen LogP contribution in [0.3, 0.4) is 0 Å². The van der Waals surface area contributed by atoms with Gasteiger partial charge in [0.1, 0.15) is 5.75 Å². The van der Waals surface area contributed by atoms with Crippen LogP contribution in [0.2, 0.25) is 10.0 Å². The zero-order valence-corrected chi connectivity index (χ0v) is 20.3. The Balaban J connectivity index is 0.00000272. The van der Waals surface area contributed by atoms with Gasteiger partial charge in [0.05, 0.1) is 19.6 Å². The SMILES string of the molecule is COc1cccc2c1CC[C@H](N1CCCC1)[C@H]2N(C)C(=O)Cc1c(Cl)cccc1Cl.Cl. The van der Waals surface area contributed by atoms with E-state index in [1.165, 1.54) is 24.0 Å². The lowest BCUT2D eigenvalue weighted by molar-refractivity contribution is -0.133. The van der Waals surface area contributed by atoms with E-state index >= 15 is 0 Å². The summed E-state index contributed by atoms with van der Waals surface area (Å²) in [5.41, 5.74) is 3.10. The van der Waals surface area contributed by atoms with E-state index in [-0.39, 0.29) is 30.8 Å². The minimum absolute atomic E-state index is 0. The molecule has 0 unspecified atom stereocenters. The molecule has 0 saturated carbocycles. The highest BCUT2D eigenvalue weighted by atomic mass is 35.5. The van der Waals surface area contributed by atoms with E-state index in [1.54, 1.807) is 25.3 Å². The van der Waals surface area contributed by atoms with Gasteiger partial charge in [-0.05, 0) is 73.7 Å². The number of halogens is 3. The van der Waals surface area contributed by atoms with Crippen molar-refractivity contribution in [3.8, 4) is 5.75 Å². The molecule has 0 aromatic heterocycles. The number of rotatable bonds is 5. The first kappa shape index (κ1) is 24.2. The van der Waals surface area contributed by atoms with Gasteiger partial charge in [0.2, 0.25) is 5.91 Å². The molecule has 2 aromatic carbocycles. The number of likely N-dealkylation sites (tertiary alicyclic amines) is 1. The van der Waals surface area contributed by atoms with Gasteiger partial charge < -0.3 is 9.64 Å². The largest absolute Gasteiger partial charge is 0.496 e. The second-order valence-corrected chi connectivity index (χ2v) is 9.02. The molecule has 0 spiro atoms. The van der Waals surface area contributed by atoms with Gasteiger partial charge >= 0.3 is 0 Å². The van der Waals surface area contributed by atoms with Gasteiger partial charge in [-0.25, -0.2) is 0 Å². The molecule has 0 radical (unpaired) electrons. The van der Waals surface area contributed by atoms with Crippen molar-refractivity contribution in [3.63, 3.8) is 0 Å². The lowest BCUT2D eigenvalue weighted by Gasteiger charge is -2.44. The van der Waals surface area contributed by atoms with Crippen LogP contribution in [0.15, 0.2) is 36.4 Å². The maximum atomic E-state index is 13.4. The third-order valence-electron chi connectivity index (χ3n) is 6.57. The topological polar surface area (TPSA) is 32.8 Å². The summed E-state index contributed by atoms with van der Waals surface area (Å²) in [5.74, 6) is 0.933. The number of hydrogen-bond acceptors (Lipinski definition) is 3. The van der Waals surface area contributed by atoms with E-state index in [1.807, 2.05) is 24.1 Å². The summed E-state index contributed by atoms with van der Waals surface area (Å²) < 4.78 is 5.64. The van der Waals surface area contributed by atoms with Crippen LogP contribution in [-0.2, 0) is 17.6 Å². The fraction of sp³-hybridized carbons (Fsp3) is 0.458. The van der Waals surface area contributed by atoms with E-state index in [4.69, 9.17) is 27.9 Å². The number of benzene rings is 2. The van der Waals surface area contributed by atoms with Gasteiger partial charge in [0.25, 0.3) is 0 Å². The number of carbonyl (C=O) groups excluding carboxylic acids is 1. The second kappa shape index (κ2) is 10.4. The van der Waals surface area contributed by atoms with Crippen LogP contribution in [0.4, 0.5) is 0 Å². The summed E-state index contributed by atoms with van der Waals surface area (Å²) in [5, 5.41) is 1.07. The van der Waals surface area contributed by atoms with E-state index < -0.39 is 0 Å². The van der Waals surface area contributed by atoms with Crippen LogP contribution >= 0.6 is 35.6 Å². The molecule has 0 bridgehead atoms. The van der Waals surface area contributed by atoms with Crippen LogP contribution in [-0.4, -0.2) is 49.0 Å². The first-order valence-corrected chi connectivity index (χ1v) is 11.3. The number of ether oxygens (including phenoxy) is 1. The zero-order chi connectivity index (χ0) is 21.3. The summed E-state index contributed by atoms with van der Waals surface area (Å²) in [6, 6.07) is 11.8. The zero-order valence-electron chi connectivity index (χ0n) is 17.9. The van der Waals surface area contributed by atoms with Gasteiger partial charge in [0.15, 0.2) is 0 Å². The fourth-order valence-corrected chi connectivity index (χ4v) is 5.56. The van der Waals surface area contributed by atoms with Gasteiger partial charge in [0, 0.05) is 23.1 Å². The fourth-order valence-electron chi connectivity index (χ4n) is 5.03. The molecule has 1 heterocycles. The van der Waals surface area contributed by atoms with E-state index in [0.717, 1.165) is 31.7 Å². The van der Waals surface area contributed by atoms with E-state index in [0.29, 0.717) is 21.7 Å². The Hall–Kier alpha value is -1.46. The predicted octanol–water partition coefficient (Wildman–Crippen LogP) is 5.58. The minimum Gasteiger partial charge on any atom is -0.496 e. The molecule has 2 atom stereocenters. The van der Waals surface area contributed by atoms with Crippen LogP contribution in [0.5, 0.6) is 5.75 Å². The minimum atomic E-state index is -0.0179. The molecule has 168 valence electrons. The Morgan fingerprint density at radius 1 is 1.13 bits per heavy atom. The standard InChI is InChI=1S/C24H28Cl2N2O2.ClH/c1-27(23(29)15-18-19(25)8-6-9-20(18)26)24-17-7-5-10-22(30-2)16(17)11-12-21(24)28-13-3-4-14-28;/h5-10,21,24H,3-4,11-15H2,1-2H3;1H/t21-,24-;/m0./s1. The normalized spacial score (nSPS) is 20.6. The molecule has 4 rings (SSSR count). The van der Waals surface area contributed by atoms with Crippen molar-refractivity contribution in [2.24, 2.45) is 0 Å². The van der Waals surface area contributed by atoms with Gasteiger partial charge in [-0.3, -0.25) is 9.69 Å². The molecular weight excluding hydrogens is 455 g/mol. The van der Waals surface area contributed by atoms with Crippen molar-refractivity contribution in [2.75, 3.05) is 27.2 Å². The lowest BCUT2D eigenvalue weighted by atomic mass is 9.81. The summed E-state index contributed by atoms with van der Waals surface area (Å²) in [7, 11) is 3.63. The van der Waals surface area contributed by atoms with Crippen molar-refractivity contribution in [1.82, 2.24) is 9.80 Å². The van der Waals surface area contributed by atoms with Crippen molar-refractivity contribution < 1.29 is 9.53 Å². The van der Waals surface area contributed by atoms with E-state index in [2.05, 4.69) is 11.0 Å². The average molecular weight is 484 g/mol. The number of nitrogens with zero attached hydrogens (tertiary/aromatic N) is 2. The Kier molecular flexibility index (Phi) is 8.14. The number of amides is 1. The van der Waals surface area contributed by atoms with Gasteiger partial charge in [-0.1, -0.05) is 41.4 Å². The van der Waals surface area contributed by atoms with Crippen molar-refractivity contribution in [1.29, 1.82) is 0 Å². The number of hydrogen-bond donors (Lipinski definition) is 0. The smallest absolute Gasteiger partial charge is 0.227 e. The van der Waals surface area contributed by atoms with Crippen molar-refractivity contribution in [3.05, 3.63) is 63.1 Å². The Morgan fingerprint density at radius 3 is 2.42 bits per heavy atom. The highest BCUT2D eigenvalue weighted by Crippen LogP contribution is 2.41. The molecule has 1 saturated heterocycles. The molecule has 2 aliphatic rings. The van der Waals surface area contributed by atoms with Gasteiger partial charge in [-0.15, -0.1) is 12.4 Å². The number of fused-ring (bicyclic) bond motifs is 1. The quantitative estimate of drug-likeness (QED) is 0.557. The molecule has 1 fully saturated rings. The molecule has 31 heavy (non-hydrogen) atoms. The number of likely N-dealkylation sites (N-methyl/N-ethyl adjacent to an activating group) is 1. The maximum absolute atomic E-state index is 13.4. The Morgan fingerprint density at radius 2 is 1.77 bits per heavy atom. The molecule has 1 aliphatic carbocycles. The Labute approximate surface area is 200 Å². The van der Waals surface area contributed by atoms with Crippen LogP contribution in [0, 0.1) is 0 Å². The first-order chi connectivity index (χ1) is 14.5. The monoisotopic (exact) mass is 482 g/mol. The second-order valence-electron chi connectivity index (χ2n) is 8.20. The van der Waals surface area contributed by atoms with Crippen LogP contribution < -0.4 is 4.74 Å². The molecule has 1 aliphatic heterocycles. The average Bonchev–Trinajstić information content (AvgIpc) is 3.29. The predicted molar refractivity (Wildman–Crippen MR) is 129 cm³/mol. The summed E-state index contributed by atoms with van der Waals surface area (Å²) >= 11 is 12.7. The van der Waals surface area contributed by atoms with Crippen molar-refractivity contribution in [2.45, 2.75) is 44.2 Å². The van der Waals surface area contributed by atoms with Crippen LogP contribution in [0.25, 0.3) is 0 Å². The summed E-state index contributed by atoms with van der Waals surface area (Å²) in [4.78, 5) is 17.9. The summed E-state index contributed by atoms with van der Waals surface area (Å²) in [6.07, 6.45) is 4.62. The van der Waals surface area contributed by atoms with Gasteiger partial charge in [-0.2, -0.15) is 0 Å². The molecule has 7 heteroatoms. The molecule has 4 nitrogen and oxygen atoms in total. The first-order valence-electron chi connectivity index (χ1n) is 10.6. The molecule has 0 N–H and O–H groups in total. The summed E-state index contributed by atoms with van der Waals surface area (Å²) in [6.45, 7) is 2.19. The number of methoxy groups -OCH3 is 1. The molecule has 2 aromatic rings. The highest BCUT2D eigenvalue weighted by molar-refractivity contribution is 6.36. The Bertz CT molecular complexity index is 911. The number of carbonyl (C=O) groups is 1. The lowest BCUT2D eigenvalue weighted by Crippen LogP contribution is -2.48. The van der Waals surface area contributed by atoms with E-state index in [9.17, 15) is 4.79 Å². The third kappa shape index (κ3) is 4.83. The highest BCUT2D eigenvalue weighted by Gasteiger charge is 2.39. The third-order valence-corrected chi connectivity index (χ3v) is 7.28. The van der Waals surface area contributed by atoms with Crippen molar-refractivity contribution >= 4 is 41.5 Å². The maximum Gasteiger partial charge on any atom is 0.227 e. The van der Waals surface area contributed by atoms with Crippen LogP contribution in [0.1, 0.15) is 42.0 Å². The molecule has 1 amide bonds.